The Bertz CT molecular complexity index is 432. The number of carbonyl (C=O) groups is 2. The topological polar surface area (TPSA) is 67.4 Å². The minimum Gasteiger partial charge on any atom is -0.464 e. The van der Waals surface area contributed by atoms with Crippen LogP contribution in [0.25, 0.3) is 0 Å². The molecule has 0 radical (unpaired) electrons. The van der Waals surface area contributed by atoms with Gasteiger partial charge in [-0.2, -0.15) is 0 Å². The van der Waals surface area contributed by atoms with Crippen LogP contribution in [0.1, 0.15) is 19.4 Å². The van der Waals surface area contributed by atoms with E-state index >= 15 is 0 Å². The minimum atomic E-state index is -0.672. The number of benzene rings is 1. The molecule has 0 saturated heterocycles. The van der Waals surface area contributed by atoms with Gasteiger partial charge in [0.2, 0.25) is 0 Å². The Labute approximate surface area is 107 Å². The molecule has 18 heavy (non-hydrogen) atoms. The molecule has 0 fully saturated rings. The van der Waals surface area contributed by atoms with Gasteiger partial charge in [-0.25, -0.2) is 9.59 Å². The van der Waals surface area contributed by atoms with Crippen LogP contribution < -0.4 is 10.6 Å². The van der Waals surface area contributed by atoms with Gasteiger partial charge in [0.1, 0.15) is 6.04 Å². The molecule has 1 aromatic rings. The van der Waals surface area contributed by atoms with Crippen LogP contribution >= 0.6 is 0 Å². The van der Waals surface area contributed by atoms with Gasteiger partial charge in [0.25, 0.3) is 0 Å². The second-order valence-corrected chi connectivity index (χ2v) is 3.94. The molecule has 5 heteroatoms. The van der Waals surface area contributed by atoms with Crippen molar-refractivity contribution in [2.75, 3.05) is 11.9 Å². The van der Waals surface area contributed by atoms with E-state index < -0.39 is 18.0 Å². The van der Waals surface area contributed by atoms with E-state index in [-0.39, 0.29) is 0 Å². The summed E-state index contributed by atoms with van der Waals surface area (Å²) in [4.78, 5) is 22.9. The normalized spacial score (nSPS) is 11.5. The second kappa shape index (κ2) is 6.64. The van der Waals surface area contributed by atoms with Crippen molar-refractivity contribution < 1.29 is 14.3 Å². The Balaban J connectivity index is 2.49. The molecule has 0 aromatic heterocycles. The molecule has 2 N–H and O–H groups in total. The molecule has 0 heterocycles. The summed E-state index contributed by atoms with van der Waals surface area (Å²) in [6, 6.07) is 6.30. The molecule has 1 aromatic carbocycles. The van der Waals surface area contributed by atoms with E-state index in [9.17, 15) is 9.59 Å². The lowest BCUT2D eigenvalue weighted by atomic mass is 10.2. The molecule has 98 valence electrons. The molecule has 1 unspecified atom stereocenters. The Morgan fingerprint density at radius 2 is 2.11 bits per heavy atom. The third-order valence-corrected chi connectivity index (χ3v) is 2.26. The van der Waals surface area contributed by atoms with Crippen LogP contribution in [0, 0.1) is 6.92 Å². The number of aryl methyl sites for hydroxylation is 1. The fourth-order valence-electron chi connectivity index (χ4n) is 1.41. The highest BCUT2D eigenvalue weighted by molar-refractivity contribution is 5.92. The maximum atomic E-state index is 11.6. The van der Waals surface area contributed by atoms with Crippen LogP contribution in [0.3, 0.4) is 0 Å². The number of anilines is 1. The minimum absolute atomic E-state index is 0.296. The summed E-state index contributed by atoms with van der Waals surface area (Å²) in [5, 5.41) is 5.16. The van der Waals surface area contributed by atoms with Crippen LogP contribution in [0.4, 0.5) is 10.5 Å². The summed E-state index contributed by atoms with van der Waals surface area (Å²) >= 11 is 0. The number of amides is 2. The van der Waals surface area contributed by atoms with Gasteiger partial charge in [-0.3, -0.25) is 0 Å². The van der Waals surface area contributed by atoms with Gasteiger partial charge in [-0.05, 0) is 38.5 Å². The van der Waals surface area contributed by atoms with Crippen molar-refractivity contribution in [3.05, 3.63) is 29.8 Å². The lowest BCUT2D eigenvalue weighted by Crippen LogP contribution is -2.41. The molecule has 5 nitrogen and oxygen atoms in total. The Kier molecular flexibility index (Phi) is 5.17. The molecule has 0 spiro atoms. The molecule has 1 atom stereocenters. The van der Waals surface area contributed by atoms with E-state index in [2.05, 4.69) is 10.6 Å². The number of hydrogen-bond acceptors (Lipinski definition) is 3. The van der Waals surface area contributed by atoms with Crippen molar-refractivity contribution in [3.63, 3.8) is 0 Å². The van der Waals surface area contributed by atoms with Gasteiger partial charge in [0, 0.05) is 5.69 Å². The average Bonchev–Trinajstić information content (AvgIpc) is 2.28. The maximum Gasteiger partial charge on any atom is 0.328 e. The number of carbonyl (C=O) groups excluding carboxylic acids is 2. The second-order valence-electron chi connectivity index (χ2n) is 3.94. The van der Waals surface area contributed by atoms with Crippen LogP contribution in [0.2, 0.25) is 0 Å². The Morgan fingerprint density at radius 3 is 2.72 bits per heavy atom. The van der Waals surface area contributed by atoms with E-state index in [4.69, 9.17) is 4.74 Å². The van der Waals surface area contributed by atoms with Crippen molar-refractivity contribution >= 4 is 17.7 Å². The van der Waals surface area contributed by atoms with E-state index in [0.29, 0.717) is 12.3 Å². The SMILES string of the molecule is CCOC(=O)C(C)NC(=O)Nc1cccc(C)c1. The highest BCUT2D eigenvalue weighted by Crippen LogP contribution is 2.09. The van der Waals surface area contributed by atoms with Gasteiger partial charge in [-0.1, -0.05) is 12.1 Å². The summed E-state index contributed by atoms with van der Waals surface area (Å²) in [7, 11) is 0. The zero-order valence-electron chi connectivity index (χ0n) is 10.8. The number of nitrogens with one attached hydrogen (secondary N) is 2. The van der Waals surface area contributed by atoms with E-state index in [1.807, 2.05) is 25.1 Å². The van der Waals surface area contributed by atoms with Crippen LogP contribution in [-0.4, -0.2) is 24.6 Å². The average molecular weight is 250 g/mol. The van der Waals surface area contributed by atoms with Crippen LogP contribution in [-0.2, 0) is 9.53 Å². The summed E-state index contributed by atoms with van der Waals surface area (Å²) in [6.45, 7) is 5.53. The Morgan fingerprint density at radius 1 is 1.39 bits per heavy atom. The summed E-state index contributed by atoms with van der Waals surface area (Å²) < 4.78 is 4.79. The van der Waals surface area contributed by atoms with Gasteiger partial charge >= 0.3 is 12.0 Å². The first kappa shape index (κ1) is 14.0. The highest BCUT2D eigenvalue weighted by atomic mass is 16.5. The third kappa shape index (κ3) is 4.45. The zero-order valence-corrected chi connectivity index (χ0v) is 10.8. The fourth-order valence-corrected chi connectivity index (χ4v) is 1.41. The van der Waals surface area contributed by atoms with Crippen molar-refractivity contribution in [1.82, 2.24) is 5.32 Å². The molecule has 2 amide bonds. The first-order chi connectivity index (χ1) is 8.52. The van der Waals surface area contributed by atoms with Gasteiger partial charge < -0.3 is 15.4 Å². The summed E-state index contributed by atoms with van der Waals surface area (Å²) in [6.07, 6.45) is 0. The van der Waals surface area contributed by atoms with Crippen molar-refractivity contribution in [2.45, 2.75) is 26.8 Å². The van der Waals surface area contributed by atoms with Crippen molar-refractivity contribution in [2.24, 2.45) is 0 Å². The monoisotopic (exact) mass is 250 g/mol. The number of hydrogen-bond donors (Lipinski definition) is 2. The van der Waals surface area contributed by atoms with E-state index in [1.165, 1.54) is 0 Å². The molecule has 0 saturated carbocycles. The van der Waals surface area contributed by atoms with Gasteiger partial charge in [0.05, 0.1) is 6.61 Å². The predicted octanol–water partition coefficient (Wildman–Crippen LogP) is 2.07. The first-order valence-electron chi connectivity index (χ1n) is 5.83. The van der Waals surface area contributed by atoms with Gasteiger partial charge in [0.15, 0.2) is 0 Å². The maximum absolute atomic E-state index is 11.6. The number of rotatable bonds is 4. The third-order valence-electron chi connectivity index (χ3n) is 2.26. The quantitative estimate of drug-likeness (QED) is 0.804. The smallest absolute Gasteiger partial charge is 0.328 e. The number of ether oxygens (including phenoxy) is 1. The largest absolute Gasteiger partial charge is 0.464 e. The van der Waals surface area contributed by atoms with Crippen LogP contribution in [0.5, 0.6) is 0 Å². The van der Waals surface area contributed by atoms with Crippen molar-refractivity contribution in [3.8, 4) is 0 Å². The van der Waals surface area contributed by atoms with E-state index in [1.54, 1.807) is 19.9 Å². The molecule has 0 aliphatic heterocycles. The van der Waals surface area contributed by atoms with Crippen molar-refractivity contribution in [1.29, 1.82) is 0 Å². The molecular formula is C13H18N2O3. The molecule has 0 aliphatic rings. The standard InChI is InChI=1S/C13H18N2O3/c1-4-18-12(16)10(3)14-13(17)15-11-7-5-6-9(2)8-11/h5-8,10H,4H2,1-3H3,(H2,14,15,17). The first-order valence-corrected chi connectivity index (χ1v) is 5.83. The number of esters is 1. The number of urea groups is 1. The summed E-state index contributed by atoms with van der Waals surface area (Å²) in [5.74, 6) is -0.447. The van der Waals surface area contributed by atoms with Gasteiger partial charge in [-0.15, -0.1) is 0 Å². The molecule has 0 aliphatic carbocycles. The lowest BCUT2D eigenvalue weighted by molar-refractivity contribution is -0.144. The molecule has 1 rings (SSSR count). The lowest BCUT2D eigenvalue weighted by Gasteiger charge is -2.13. The molecule has 0 bridgehead atoms. The fraction of sp³-hybridized carbons (Fsp3) is 0.385. The summed E-state index contributed by atoms with van der Waals surface area (Å²) in [5.41, 5.74) is 1.73. The highest BCUT2D eigenvalue weighted by Gasteiger charge is 2.16. The van der Waals surface area contributed by atoms with Crippen LogP contribution in [0.15, 0.2) is 24.3 Å². The molecular weight excluding hydrogens is 232 g/mol. The Hall–Kier alpha value is -2.04. The van der Waals surface area contributed by atoms with E-state index in [0.717, 1.165) is 5.56 Å². The predicted molar refractivity (Wildman–Crippen MR) is 69.4 cm³/mol. The zero-order chi connectivity index (χ0) is 13.5.